The van der Waals surface area contributed by atoms with E-state index in [1.165, 1.54) is 18.2 Å². The summed E-state index contributed by atoms with van der Waals surface area (Å²) in [5, 5.41) is 2.52. The Hall–Kier alpha value is -4.07. The molecule has 0 radical (unpaired) electrons. The smallest absolute Gasteiger partial charge is 0.405 e. The van der Waals surface area contributed by atoms with Gasteiger partial charge in [-0.3, -0.25) is 4.79 Å². The van der Waals surface area contributed by atoms with Gasteiger partial charge in [0.05, 0.1) is 17.6 Å². The fraction of sp³-hybridized carbons (Fsp3) is 0.120. The molecule has 1 N–H and O–H groups in total. The Balaban J connectivity index is 1.79. The zero-order chi connectivity index (χ0) is 23.4. The van der Waals surface area contributed by atoms with Crippen molar-refractivity contribution in [1.82, 2.24) is 14.9 Å². The van der Waals surface area contributed by atoms with Crippen molar-refractivity contribution in [1.29, 1.82) is 0 Å². The molecule has 0 aliphatic carbocycles. The number of amides is 1. The van der Waals surface area contributed by atoms with E-state index in [9.17, 15) is 18.0 Å². The zero-order valence-corrected chi connectivity index (χ0v) is 17.6. The summed E-state index contributed by atoms with van der Waals surface area (Å²) in [6.07, 6.45) is -1.68. The molecule has 0 bridgehead atoms. The van der Waals surface area contributed by atoms with Crippen LogP contribution in [0.5, 0.6) is 5.75 Å². The molecule has 0 fully saturated rings. The van der Waals surface area contributed by atoms with E-state index in [0.29, 0.717) is 16.9 Å². The highest BCUT2D eigenvalue weighted by Crippen LogP contribution is 2.31. The van der Waals surface area contributed by atoms with Gasteiger partial charge in [0.25, 0.3) is 0 Å². The van der Waals surface area contributed by atoms with Gasteiger partial charge in [0.1, 0.15) is 11.6 Å². The Morgan fingerprint density at radius 3 is 2.61 bits per heavy atom. The molecule has 0 unspecified atom stereocenters. The SMILES string of the molecule is CNC(=O)/C=C/c1cccc(-c2nc3ccccc3n2Cc2ccccc2OC(F)(F)F)c1. The number of hydrogen-bond donors (Lipinski definition) is 1. The number of para-hydroxylation sites is 3. The molecule has 1 amide bonds. The molecule has 0 spiro atoms. The minimum absolute atomic E-state index is 0.125. The van der Waals surface area contributed by atoms with Crippen LogP contribution in [0.3, 0.4) is 0 Å². The van der Waals surface area contributed by atoms with Crippen molar-refractivity contribution < 1.29 is 22.7 Å². The topological polar surface area (TPSA) is 56.2 Å². The minimum atomic E-state index is -4.79. The number of ether oxygens (including phenoxy) is 1. The minimum Gasteiger partial charge on any atom is -0.405 e. The van der Waals surface area contributed by atoms with E-state index < -0.39 is 6.36 Å². The summed E-state index contributed by atoms with van der Waals surface area (Å²) in [5.41, 5.74) is 3.42. The average Bonchev–Trinajstić information content (AvgIpc) is 3.16. The van der Waals surface area contributed by atoms with Crippen molar-refractivity contribution in [3.63, 3.8) is 0 Å². The Morgan fingerprint density at radius 2 is 1.82 bits per heavy atom. The lowest BCUT2D eigenvalue weighted by molar-refractivity contribution is -0.274. The number of benzene rings is 3. The van der Waals surface area contributed by atoms with E-state index in [1.54, 1.807) is 25.3 Å². The number of hydrogen-bond acceptors (Lipinski definition) is 3. The summed E-state index contributed by atoms with van der Waals surface area (Å²) in [6.45, 7) is 0.125. The number of alkyl halides is 3. The highest BCUT2D eigenvalue weighted by atomic mass is 19.4. The van der Waals surface area contributed by atoms with Gasteiger partial charge in [0.2, 0.25) is 5.91 Å². The first-order valence-electron chi connectivity index (χ1n) is 10.1. The van der Waals surface area contributed by atoms with Gasteiger partial charge >= 0.3 is 6.36 Å². The van der Waals surface area contributed by atoms with Crippen LogP contribution in [-0.4, -0.2) is 28.9 Å². The largest absolute Gasteiger partial charge is 0.573 e. The third kappa shape index (κ3) is 5.23. The van der Waals surface area contributed by atoms with Crippen LogP contribution in [0.15, 0.2) is 78.9 Å². The molecular weight excluding hydrogens is 431 g/mol. The first-order chi connectivity index (χ1) is 15.8. The van der Waals surface area contributed by atoms with Gasteiger partial charge in [-0.15, -0.1) is 13.2 Å². The number of rotatable bonds is 6. The number of aromatic nitrogens is 2. The van der Waals surface area contributed by atoms with Crippen molar-refractivity contribution in [2.75, 3.05) is 7.05 Å². The fourth-order valence-corrected chi connectivity index (χ4v) is 3.52. The maximum atomic E-state index is 12.9. The molecule has 0 aliphatic heterocycles. The molecule has 4 aromatic rings. The van der Waals surface area contributed by atoms with E-state index in [2.05, 4.69) is 10.1 Å². The van der Waals surface area contributed by atoms with Crippen LogP contribution in [0.4, 0.5) is 13.2 Å². The van der Waals surface area contributed by atoms with Crippen molar-refractivity contribution >= 4 is 23.0 Å². The third-order valence-corrected chi connectivity index (χ3v) is 5.00. The molecule has 8 heteroatoms. The number of fused-ring (bicyclic) bond motifs is 1. The van der Waals surface area contributed by atoms with Crippen molar-refractivity contribution in [3.8, 4) is 17.1 Å². The number of nitrogens with one attached hydrogen (secondary N) is 1. The van der Waals surface area contributed by atoms with E-state index in [1.807, 2.05) is 53.1 Å². The summed E-state index contributed by atoms with van der Waals surface area (Å²) in [5.74, 6) is 0.109. The molecule has 168 valence electrons. The van der Waals surface area contributed by atoms with Crippen molar-refractivity contribution in [3.05, 3.63) is 90.0 Å². The highest BCUT2D eigenvalue weighted by Gasteiger charge is 2.32. The first-order valence-corrected chi connectivity index (χ1v) is 10.1. The normalized spacial score (nSPS) is 11.8. The number of likely N-dealkylation sites (N-methyl/N-ethyl adjacent to an activating group) is 1. The fourth-order valence-electron chi connectivity index (χ4n) is 3.52. The number of carbonyl (C=O) groups excluding carboxylic acids is 1. The summed E-state index contributed by atoms with van der Waals surface area (Å²) in [4.78, 5) is 16.3. The van der Waals surface area contributed by atoms with Crippen LogP contribution < -0.4 is 10.1 Å². The Morgan fingerprint density at radius 1 is 1.06 bits per heavy atom. The van der Waals surface area contributed by atoms with Crippen LogP contribution in [-0.2, 0) is 11.3 Å². The van der Waals surface area contributed by atoms with Gasteiger partial charge < -0.3 is 14.6 Å². The lowest BCUT2D eigenvalue weighted by Crippen LogP contribution is -2.18. The average molecular weight is 451 g/mol. The van der Waals surface area contributed by atoms with E-state index in [-0.39, 0.29) is 18.2 Å². The molecule has 0 atom stereocenters. The molecule has 4 rings (SSSR count). The van der Waals surface area contributed by atoms with E-state index in [0.717, 1.165) is 16.6 Å². The van der Waals surface area contributed by atoms with Gasteiger partial charge in [-0.1, -0.05) is 48.5 Å². The molecule has 0 aliphatic rings. The van der Waals surface area contributed by atoms with E-state index >= 15 is 0 Å². The van der Waals surface area contributed by atoms with Crippen molar-refractivity contribution in [2.45, 2.75) is 12.9 Å². The monoisotopic (exact) mass is 451 g/mol. The molecule has 1 heterocycles. The van der Waals surface area contributed by atoms with Gasteiger partial charge in [-0.25, -0.2) is 4.98 Å². The van der Waals surface area contributed by atoms with Crippen LogP contribution in [0.25, 0.3) is 28.5 Å². The zero-order valence-electron chi connectivity index (χ0n) is 17.6. The maximum absolute atomic E-state index is 12.9. The first kappa shape index (κ1) is 22.1. The third-order valence-electron chi connectivity index (χ3n) is 5.00. The molecule has 0 saturated carbocycles. The quantitative estimate of drug-likeness (QED) is 0.399. The molecule has 3 aromatic carbocycles. The van der Waals surface area contributed by atoms with Crippen LogP contribution in [0, 0.1) is 0 Å². The van der Waals surface area contributed by atoms with Crippen LogP contribution >= 0.6 is 0 Å². The maximum Gasteiger partial charge on any atom is 0.573 e. The summed E-state index contributed by atoms with van der Waals surface area (Å²) in [7, 11) is 1.55. The molecule has 0 saturated heterocycles. The van der Waals surface area contributed by atoms with Gasteiger partial charge in [0.15, 0.2) is 0 Å². The summed E-state index contributed by atoms with van der Waals surface area (Å²) in [6, 6.07) is 20.9. The summed E-state index contributed by atoms with van der Waals surface area (Å²) >= 11 is 0. The van der Waals surface area contributed by atoms with E-state index in [4.69, 9.17) is 4.98 Å². The lowest BCUT2D eigenvalue weighted by Gasteiger charge is -2.15. The number of imidazole rings is 1. The molecule has 1 aromatic heterocycles. The lowest BCUT2D eigenvalue weighted by atomic mass is 10.1. The standard InChI is InChI=1S/C25H20F3N3O2/c1-29-23(32)14-13-17-7-6-9-18(15-17)24-30-20-10-3-4-11-21(20)31(24)16-19-8-2-5-12-22(19)33-25(26,27)28/h2-15H,16H2,1H3,(H,29,32)/b14-13+. The van der Waals surface area contributed by atoms with Gasteiger partial charge in [0, 0.05) is 24.3 Å². The Labute approximate surface area is 188 Å². The number of nitrogens with zero attached hydrogens (tertiary/aromatic N) is 2. The van der Waals surface area contributed by atoms with Gasteiger partial charge in [-0.2, -0.15) is 0 Å². The molecule has 33 heavy (non-hydrogen) atoms. The highest BCUT2D eigenvalue weighted by molar-refractivity contribution is 5.91. The van der Waals surface area contributed by atoms with Crippen LogP contribution in [0.1, 0.15) is 11.1 Å². The summed E-state index contributed by atoms with van der Waals surface area (Å²) < 4.78 is 44.9. The van der Waals surface area contributed by atoms with Gasteiger partial charge in [-0.05, 0) is 35.9 Å². The second-order valence-electron chi connectivity index (χ2n) is 7.24. The van der Waals surface area contributed by atoms with Crippen LogP contribution in [0.2, 0.25) is 0 Å². The second kappa shape index (κ2) is 9.20. The predicted molar refractivity (Wildman–Crippen MR) is 120 cm³/mol. The number of halogens is 3. The van der Waals surface area contributed by atoms with Crippen molar-refractivity contribution in [2.24, 2.45) is 0 Å². The number of carbonyl (C=O) groups is 1. The second-order valence-corrected chi connectivity index (χ2v) is 7.24. The Kier molecular flexibility index (Phi) is 6.17. The molecular formula is C25H20F3N3O2. The predicted octanol–water partition coefficient (Wildman–Crippen LogP) is 5.41. The Bertz CT molecular complexity index is 1330. The molecule has 5 nitrogen and oxygen atoms in total.